The van der Waals surface area contributed by atoms with Crippen molar-refractivity contribution >= 4 is 35.0 Å². The Morgan fingerprint density at radius 2 is 1.66 bits per heavy atom. The van der Waals surface area contributed by atoms with Gasteiger partial charge in [-0.15, -0.1) is 0 Å². The lowest BCUT2D eigenvalue weighted by Crippen LogP contribution is -2.52. The highest BCUT2D eigenvalue weighted by Crippen LogP contribution is 2.27. The molecule has 0 unspecified atom stereocenters. The second-order valence-corrected chi connectivity index (χ2v) is 8.72. The van der Waals surface area contributed by atoms with Crippen LogP contribution in [-0.2, 0) is 22.6 Å². The van der Waals surface area contributed by atoms with Crippen LogP contribution in [-0.4, -0.2) is 28.3 Å². The molecule has 0 aliphatic carbocycles. The smallest absolute Gasteiger partial charge is 0.242 e. The molecule has 0 fully saturated rings. The number of benzene rings is 2. The van der Waals surface area contributed by atoms with Crippen molar-refractivity contribution in [2.45, 2.75) is 52.2 Å². The lowest BCUT2D eigenvalue weighted by molar-refractivity contribution is -0.140. The van der Waals surface area contributed by atoms with E-state index >= 15 is 0 Å². The van der Waals surface area contributed by atoms with Crippen LogP contribution >= 0.6 is 23.2 Å². The number of hydrogen-bond acceptors (Lipinski definition) is 2. The fourth-order valence-electron chi connectivity index (χ4n) is 2.82. The highest BCUT2D eigenvalue weighted by molar-refractivity contribution is 6.36. The maximum Gasteiger partial charge on any atom is 0.242 e. The molecule has 1 N–H and O–H groups in total. The summed E-state index contributed by atoms with van der Waals surface area (Å²) in [4.78, 5) is 27.2. The predicted octanol–water partition coefficient (Wildman–Crippen LogP) is 5.01. The van der Waals surface area contributed by atoms with Crippen molar-refractivity contribution < 1.29 is 14.0 Å². The van der Waals surface area contributed by atoms with Gasteiger partial charge < -0.3 is 10.2 Å². The molecule has 0 aliphatic heterocycles. The molecule has 29 heavy (non-hydrogen) atoms. The number of carbonyl (C=O) groups is 2. The summed E-state index contributed by atoms with van der Waals surface area (Å²) >= 11 is 12.5. The van der Waals surface area contributed by atoms with Crippen molar-refractivity contribution in [1.29, 1.82) is 0 Å². The first-order valence-electron chi connectivity index (χ1n) is 9.27. The van der Waals surface area contributed by atoms with E-state index in [2.05, 4.69) is 5.32 Å². The van der Waals surface area contributed by atoms with E-state index in [-0.39, 0.29) is 24.4 Å². The Bertz CT molecular complexity index is 876. The lowest BCUT2D eigenvalue weighted by atomic mass is 10.1. The third kappa shape index (κ3) is 6.44. The second kappa shape index (κ2) is 9.59. The fourth-order valence-corrected chi connectivity index (χ4v) is 3.33. The van der Waals surface area contributed by atoms with Crippen molar-refractivity contribution in [3.63, 3.8) is 0 Å². The van der Waals surface area contributed by atoms with E-state index in [0.29, 0.717) is 15.6 Å². The van der Waals surface area contributed by atoms with Crippen LogP contribution < -0.4 is 5.32 Å². The summed E-state index contributed by atoms with van der Waals surface area (Å²) in [5.41, 5.74) is 0.331. The van der Waals surface area contributed by atoms with E-state index < -0.39 is 23.3 Å². The minimum atomic E-state index is -0.805. The van der Waals surface area contributed by atoms with Crippen LogP contribution in [0.1, 0.15) is 38.8 Å². The zero-order valence-corrected chi connectivity index (χ0v) is 18.4. The first-order chi connectivity index (χ1) is 13.5. The van der Waals surface area contributed by atoms with Crippen LogP contribution in [0.2, 0.25) is 10.0 Å². The topological polar surface area (TPSA) is 49.4 Å². The SMILES string of the molecule is C[C@@H](C(=O)NC(C)(C)C)N(Cc1c(Cl)cccc1Cl)C(=O)Cc1ccccc1F. The summed E-state index contributed by atoms with van der Waals surface area (Å²) in [6.07, 6.45) is -0.179. The maximum absolute atomic E-state index is 14.1. The quantitative estimate of drug-likeness (QED) is 0.688. The zero-order chi connectivity index (χ0) is 21.8. The molecule has 0 aliphatic rings. The standard InChI is InChI=1S/C22H25Cl2FN2O2/c1-14(21(29)26-22(2,3)4)27(13-16-17(23)9-7-10-18(16)24)20(28)12-15-8-5-6-11-19(15)25/h5-11,14H,12-13H2,1-4H3,(H,26,29)/t14-/m0/s1. The number of rotatable bonds is 6. The molecule has 0 radical (unpaired) electrons. The minimum Gasteiger partial charge on any atom is -0.350 e. The molecule has 1 atom stereocenters. The molecule has 2 aromatic rings. The number of carbonyl (C=O) groups excluding carboxylic acids is 2. The van der Waals surface area contributed by atoms with Crippen molar-refractivity contribution in [3.8, 4) is 0 Å². The average molecular weight is 439 g/mol. The lowest BCUT2D eigenvalue weighted by Gasteiger charge is -2.32. The largest absolute Gasteiger partial charge is 0.350 e. The summed E-state index contributed by atoms with van der Waals surface area (Å²) < 4.78 is 14.1. The van der Waals surface area contributed by atoms with Crippen molar-refractivity contribution in [2.75, 3.05) is 0 Å². The summed E-state index contributed by atoms with van der Waals surface area (Å²) in [5, 5.41) is 3.66. The summed E-state index contributed by atoms with van der Waals surface area (Å²) in [6, 6.07) is 10.3. The van der Waals surface area contributed by atoms with E-state index in [1.54, 1.807) is 43.3 Å². The second-order valence-electron chi connectivity index (χ2n) is 7.91. The Morgan fingerprint density at radius 1 is 1.07 bits per heavy atom. The normalized spacial score (nSPS) is 12.4. The molecular weight excluding hydrogens is 414 g/mol. The van der Waals surface area contributed by atoms with E-state index in [0.717, 1.165) is 0 Å². The van der Waals surface area contributed by atoms with Gasteiger partial charge in [0.25, 0.3) is 0 Å². The number of nitrogens with one attached hydrogen (secondary N) is 1. The summed E-state index contributed by atoms with van der Waals surface area (Å²) in [7, 11) is 0. The third-order valence-electron chi connectivity index (χ3n) is 4.36. The predicted molar refractivity (Wildman–Crippen MR) is 114 cm³/mol. The molecule has 0 bridgehead atoms. The Morgan fingerprint density at radius 3 is 2.21 bits per heavy atom. The molecule has 4 nitrogen and oxygen atoms in total. The van der Waals surface area contributed by atoms with Crippen LogP contribution in [0.3, 0.4) is 0 Å². The van der Waals surface area contributed by atoms with Crippen LogP contribution in [0, 0.1) is 5.82 Å². The van der Waals surface area contributed by atoms with Crippen LogP contribution in [0.15, 0.2) is 42.5 Å². The number of halogens is 3. The van der Waals surface area contributed by atoms with Gasteiger partial charge in [0.2, 0.25) is 11.8 Å². The summed E-state index contributed by atoms with van der Waals surface area (Å²) in [5.74, 6) is -1.19. The Labute approximate surface area is 181 Å². The van der Waals surface area contributed by atoms with Gasteiger partial charge in [-0.3, -0.25) is 9.59 Å². The van der Waals surface area contributed by atoms with Gasteiger partial charge in [0.15, 0.2) is 0 Å². The zero-order valence-electron chi connectivity index (χ0n) is 16.9. The highest BCUT2D eigenvalue weighted by Gasteiger charge is 2.29. The van der Waals surface area contributed by atoms with E-state index in [4.69, 9.17) is 23.2 Å². The van der Waals surface area contributed by atoms with Crippen LogP contribution in [0.4, 0.5) is 4.39 Å². The van der Waals surface area contributed by atoms with Crippen LogP contribution in [0.25, 0.3) is 0 Å². The van der Waals surface area contributed by atoms with Gasteiger partial charge in [0.1, 0.15) is 11.9 Å². The van der Waals surface area contributed by atoms with Crippen molar-refractivity contribution in [2.24, 2.45) is 0 Å². The first kappa shape index (κ1) is 23.2. The Hall–Kier alpha value is -2.11. The average Bonchev–Trinajstić information content (AvgIpc) is 2.61. The van der Waals surface area contributed by atoms with Crippen molar-refractivity contribution in [3.05, 3.63) is 69.5 Å². The van der Waals surface area contributed by atoms with Gasteiger partial charge in [0.05, 0.1) is 6.42 Å². The summed E-state index contributed by atoms with van der Waals surface area (Å²) in [6.45, 7) is 7.23. The first-order valence-corrected chi connectivity index (χ1v) is 10.0. The van der Waals surface area contributed by atoms with Gasteiger partial charge in [0, 0.05) is 27.7 Å². The van der Waals surface area contributed by atoms with Crippen molar-refractivity contribution in [1.82, 2.24) is 10.2 Å². The van der Waals surface area contributed by atoms with E-state index in [9.17, 15) is 14.0 Å². The molecule has 2 rings (SSSR count). The molecule has 156 valence electrons. The molecule has 0 heterocycles. The Kier molecular flexibility index (Phi) is 7.66. The molecular formula is C22H25Cl2FN2O2. The van der Waals surface area contributed by atoms with E-state index in [1.807, 2.05) is 20.8 Å². The fraction of sp³-hybridized carbons (Fsp3) is 0.364. The van der Waals surface area contributed by atoms with Crippen LogP contribution in [0.5, 0.6) is 0 Å². The third-order valence-corrected chi connectivity index (χ3v) is 5.06. The highest BCUT2D eigenvalue weighted by atomic mass is 35.5. The van der Waals surface area contributed by atoms with Gasteiger partial charge in [-0.1, -0.05) is 47.5 Å². The molecule has 0 saturated heterocycles. The van der Waals surface area contributed by atoms with Gasteiger partial charge in [-0.25, -0.2) is 4.39 Å². The molecule has 2 amide bonds. The maximum atomic E-state index is 14.1. The number of nitrogens with zero attached hydrogens (tertiary/aromatic N) is 1. The molecule has 0 saturated carbocycles. The molecule has 2 aromatic carbocycles. The molecule has 0 spiro atoms. The van der Waals surface area contributed by atoms with Gasteiger partial charge >= 0.3 is 0 Å². The monoisotopic (exact) mass is 438 g/mol. The number of amides is 2. The molecule has 7 heteroatoms. The van der Waals surface area contributed by atoms with Gasteiger partial charge in [-0.05, 0) is 51.5 Å². The van der Waals surface area contributed by atoms with Gasteiger partial charge in [-0.2, -0.15) is 0 Å². The number of hydrogen-bond donors (Lipinski definition) is 1. The Balaban J connectivity index is 2.35. The van der Waals surface area contributed by atoms with E-state index in [1.165, 1.54) is 11.0 Å². The minimum absolute atomic E-state index is 0.0323. The molecule has 0 aromatic heterocycles.